The van der Waals surface area contributed by atoms with E-state index in [-0.39, 0.29) is 24.8 Å². The number of aliphatic imine (C=N–C) groups is 1. The number of amides is 2. The fourth-order valence-corrected chi connectivity index (χ4v) is 4.64. The summed E-state index contributed by atoms with van der Waals surface area (Å²) in [5.41, 5.74) is 2.08. The Labute approximate surface area is 200 Å². The molecule has 0 aliphatic carbocycles. The molecule has 2 heterocycles. The average Bonchev–Trinajstić information content (AvgIpc) is 3.42. The van der Waals surface area contributed by atoms with E-state index < -0.39 is 5.25 Å². The predicted octanol–water partition coefficient (Wildman–Crippen LogP) is 5.41. The highest BCUT2D eigenvalue weighted by Crippen LogP contribution is 2.34. The van der Waals surface area contributed by atoms with Crippen LogP contribution in [0.2, 0.25) is 5.02 Å². The molecule has 3 aromatic rings. The molecular weight excluding hydrogens is 462 g/mol. The van der Waals surface area contributed by atoms with Crippen LogP contribution in [0, 0.1) is 6.92 Å². The Morgan fingerprint density at radius 1 is 1.21 bits per heavy atom. The Morgan fingerprint density at radius 3 is 2.70 bits per heavy atom. The minimum Gasteiger partial charge on any atom is -0.497 e. The molecule has 170 valence electrons. The molecule has 9 heteroatoms. The molecule has 1 N–H and O–H groups in total. The number of nitrogens with one attached hydrogen (secondary N) is 1. The summed E-state index contributed by atoms with van der Waals surface area (Å²) in [4.78, 5) is 32.1. The van der Waals surface area contributed by atoms with Gasteiger partial charge in [0.05, 0.1) is 25.6 Å². The van der Waals surface area contributed by atoms with Gasteiger partial charge in [0.1, 0.15) is 16.8 Å². The number of halogens is 1. The molecule has 1 fully saturated rings. The van der Waals surface area contributed by atoms with Gasteiger partial charge in [0, 0.05) is 17.1 Å². The van der Waals surface area contributed by atoms with Crippen LogP contribution in [0.15, 0.2) is 70.3 Å². The zero-order valence-corrected chi connectivity index (χ0v) is 19.7. The van der Waals surface area contributed by atoms with E-state index in [1.54, 1.807) is 60.7 Å². The third-order valence-corrected chi connectivity index (χ3v) is 6.71. The van der Waals surface area contributed by atoms with Gasteiger partial charge in [0.2, 0.25) is 11.8 Å². The van der Waals surface area contributed by atoms with E-state index >= 15 is 0 Å². The smallest absolute Gasteiger partial charge is 0.243 e. The van der Waals surface area contributed by atoms with Gasteiger partial charge < -0.3 is 14.5 Å². The highest BCUT2D eigenvalue weighted by atomic mass is 35.5. The molecule has 7 nitrogen and oxygen atoms in total. The molecule has 2 aromatic carbocycles. The van der Waals surface area contributed by atoms with Crippen molar-refractivity contribution in [3.05, 3.63) is 77.2 Å². The van der Waals surface area contributed by atoms with Gasteiger partial charge in [0.25, 0.3) is 0 Å². The second kappa shape index (κ2) is 10.1. The van der Waals surface area contributed by atoms with Crippen molar-refractivity contribution in [1.82, 2.24) is 4.90 Å². The number of hydrogen-bond donors (Lipinski definition) is 1. The van der Waals surface area contributed by atoms with Crippen LogP contribution in [-0.4, -0.2) is 34.2 Å². The Bertz CT molecular complexity index is 1180. The van der Waals surface area contributed by atoms with Crippen molar-refractivity contribution in [3.63, 3.8) is 0 Å². The molecular formula is C24H22ClN3O4S. The largest absolute Gasteiger partial charge is 0.497 e. The average molecular weight is 484 g/mol. The van der Waals surface area contributed by atoms with E-state index in [9.17, 15) is 9.59 Å². The van der Waals surface area contributed by atoms with Crippen molar-refractivity contribution in [2.45, 2.75) is 25.1 Å². The van der Waals surface area contributed by atoms with Crippen molar-refractivity contribution >= 4 is 51.7 Å². The van der Waals surface area contributed by atoms with Crippen LogP contribution in [0.25, 0.3) is 0 Å². The summed E-state index contributed by atoms with van der Waals surface area (Å²) < 4.78 is 10.6. The first-order valence-electron chi connectivity index (χ1n) is 10.2. The number of methoxy groups -OCH3 is 1. The maximum atomic E-state index is 13.2. The van der Waals surface area contributed by atoms with Gasteiger partial charge in [-0.3, -0.25) is 14.5 Å². The van der Waals surface area contributed by atoms with Gasteiger partial charge in [-0.15, -0.1) is 0 Å². The van der Waals surface area contributed by atoms with E-state index in [4.69, 9.17) is 20.8 Å². The summed E-state index contributed by atoms with van der Waals surface area (Å²) >= 11 is 7.41. The van der Waals surface area contributed by atoms with E-state index in [1.165, 1.54) is 11.8 Å². The van der Waals surface area contributed by atoms with Crippen molar-refractivity contribution in [2.75, 3.05) is 12.4 Å². The lowest BCUT2D eigenvalue weighted by molar-refractivity contribution is -0.128. The Kier molecular flexibility index (Phi) is 7.05. The highest BCUT2D eigenvalue weighted by molar-refractivity contribution is 8.15. The van der Waals surface area contributed by atoms with Crippen LogP contribution in [0.5, 0.6) is 5.75 Å². The molecule has 1 unspecified atom stereocenters. The van der Waals surface area contributed by atoms with Gasteiger partial charge in [-0.05, 0) is 61.0 Å². The number of nitrogens with zero attached hydrogens (tertiary/aromatic N) is 2. The standard InChI is InChI=1S/C24H22ClN3O4S/c1-15-19(25)6-3-7-20(15)27-22(29)13-21-23(30)28(14-18-5-4-12-32-18)24(33-21)26-16-8-10-17(31-2)11-9-16/h3-12,21H,13-14H2,1-2H3,(H,27,29). The number of anilines is 1. The number of benzene rings is 2. The minimum absolute atomic E-state index is 0.00570. The summed E-state index contributed by atoms with van der Waals surface area (Å²) in [6, 6.07) is 16.1. The lowest BCUT2D eigenvalue weighted by atomic mass is 10.2. The quantitative estimate of drug-likeness (QED) is 0.485. The zero-order valence-electron chi connectivity index (χ0n) is 18.1. The Morgan fingerprint density at radius 2 is 2.00 bits per heavy atom. The maximum absolute atomic E-state index is 13.2. The lowest BCUT2D eigenvalue weighted by Crippen LogP contribution is -2.33. The van der Waals surface area contributed by atoms with Gasteiger partial charge in [-0.1, -0.05) is 29.4 Å². The van der Waals surface area contributed by atoms with Gasteiger partial charge in [-0.2, -0.15) is 0 Å². The third kappa shape index (κ3) is 5.40. The molecule has 1 aromatic heterocycles. The molecule has 0 spiro atoms. The maximum Gasteiger partial charge on any atom is 0.243 e. The summed E-state index contributed by atoms with van der Waals surface area (Å²) in [5.74, 6) is 0.884. The SMILES string of the molecule is COc1ccc(N=C2SC(CC(=O)Nc3cccc(Cl)c3C)C(=O)N2Cc2ccco2)cc1. The molecule has 0 bridgehead atoms. The molecule has 1 atom stereocenters. The number of thioether (sulfide) groups is 1. The molecule has 4 rings (SSSR count). The molecule has 1 aliphatic heterocycles. The summed E-state index contributed by atoms with van der Waals surface area (Å²) in [6.07, 6.45) is 1.56. The van der Waals surface area contributed by atoms with E-state index in [2.05, 4.69) is 10.3 Å². The van der Waals surface area contributed by atoms with Gasteiger partial charge >= 0.3 is 0 Å². The minimum atomic E-state index is -0.601. The van der Waals surface area contributed by atoms with E-state index in [0.29, 0.717) is 33.1 Å². The number of hydrogen-bond acceptors (Lipinski definition) is 6. The zero-order chi connectivity index (χ0) is 23.4. The second-order valence-corrected chi connectivity index (χ2v) is 8.94. The van der Waals surface area contributed by atoms with E-state index in [1.807, 2.05) is 19.1 Å². The fraction of sp³-hybridized carbons (Fsp3) is 0.208. The summed E-state index contributed by atoms with van der Waals surface area (Å²) in [5, 5.41) is 3.34. The molecule has 2 amide bonds. The van der Waals surface area contributed by atoms with Crippen LogP contribution < -0.4 is 10.1 Å². The number of ether oxygens (including phenoxy) is 1. The molecule has 1 saturated heterocycles. The van der Waals surface area contributed by atoms with Crippen molar-refractivity contribution in [3.8, 4) is 5.75 Å². The van der Waals surface area contributed by atoms with Crippen LogP contribution in [0.3, 0.4) is 0 Å². The topological polar surface area (TPSA) is 84.1 Å². The van der Waals surface area contributed by atoms with Crippen molar-refractivity contribution in [1.29, 1.82) is 0 Å². The Balaban J connectivity index is 1.53. The highest BCUT2D eigenvalue weighted by Gasteiger charge is 2.39. The molecule has 1 aliphatic rings. The lowest BCUT2D eigenvalue weighted by Gasteiger charge is -2.15. The monoisotopic (exact) mass is 483 g/mol. The fourth-order valence-electron chi connectivity index (χ4n) is 3.31. The van der Waals surface area contributed by atoms with Gasteiger partial charge in [-0.25, -0.2) is 4.99 Å². The van der Waals surface area contributed by atoms with E-state index in [0.717, 1.165) is 5.56 Å². The molecule has 0 saturated carbocycles. The first-order valence-corrected chi connectivity index (χ1v) is 11.5. The molecule has 0 radical (unpaired) electrons. The van der Waals surface area contributed by atoms with Crippen LogP contribution in [0.4, 0.5) is 11.4 Å². The number of amidine groups is 1. The van der Waals surface area contributed by atoms with Crippen LogP contribution in [0.1, 0.15) is 17.7 Å². The predicted molar refractivity (Wildman–Crippen MR) is 130 cm³/mol. The summed E-state index contributed by atoms with van der Waals surface area (Å²) in [6.45, 7) is 2.07. The first kappa shape index (κ1) is 22.9. The van der Waals surface area contributed by atoms with Crippen LogP contribution >= 0.6 is 23.4 Å². The van der Waals surface area contributed by atoms with Crippen molar-refractivity contribution < 1.29 is 18.7 Å². The van der Waals surface area contributed by atoms with Gasteiger partial charge in [0.15, 0.2) is 5.17 Å². The number of rotatable bonds is 7. The van der Waals surface area contributed by atoms with Crippen LogP contribution in [-0.2, 0) is 16.1 Å². The number of furan rings is 1. The first-order chi connectivity index (χ1) is 15.9. The third-order valence-electron chi connectivity index (χ3n) is 5.12. The summed E-state index contributed by atoms with van der Waals surface area (Å²) in [7, 11) is 1.60. The number of carbonyl (C=O) groups is 2. The van der Waals surface area contributed by atoms with Crippen molar-refractivity contribution in [2.24, 2.45) is 4.99 Å². The Hall–Kier alpha value is -3.23. The molecule has 33 heavy (non-hydrogen) atoms. The second-order valence-electron chi connectivity index (χ2n) is 7.37. The number of carbonyl (C=O) groups excluding carboxylic acids is 2. The normalized spacial score (nSPS) is 16.9.